The quantitative estimate of drug-likeness (QED) is 0.624. The van der Waals surface area contributed by atoms with Gasteiger partial charge in [-0.1, -0.05) is 28.1 Å². The zero-order valence-corrected chi connectivity index (χ0v) is 15.4. The SMILES string of the molecule is C[C@H](C(=O)Nc1ccc(Br)cc1)N1C(=O)[C@@H]2[C@H](C1=O)[C@H]1C=C[C@H]2CC1. The fraction of sp³-hybridized carbons (Fsp3) is 0.421. The average molecular weight is 403 g/mol. The van der Waals surface area contributed by atoms with Gasteiger partial charge in [-0.05, 0) is 55.9 Å². The van der Waals surface area contributed by atoms with Gasteiger partial charge >= 0.3 is 0 Å². The molecular weight excluding hydrogens is 384 g/mol. The van der Waals surface area contributed by atoms with Crippen LogP contribution in [0.1, 0.15) is 19.8 Å². The van der Waals surface area contributed by atoms with E-state index in [0.717, 1.165) is 17.3 Å². The molecule has 1 N–H and O–H groups in total. The molecule has 1 aromatic carbocycles. The minimum Gasteiger partial charge on any atom is -0.324 e. The molecule has 5 nitrogen and oxygen atoms in total. The highest BCUT2D eigenvalue weighted by molar-refractivity contribution is 9.10. The number of carbonyl (C=O) groups is 3. The molecule has 0 aromatic heterocycles. The maximum atomic E-state index is 12.9. The monoisotopic (exact) mass is 402 g/mol. The summed E-state index contributed by atoms with van der Waals surface area (Å²) in [6.07, 6.45) is 6.07. The summed E-state index contributed by atoms with van der Waals surface area (Å²) in [6, 6.07) is 6.38. The first kappa shape index (κ1) is 16.5. The van der Waals surface area contributed by atoms with Gasteiger partial charge in [0.05, 0.1) is 11.8 Å². The molecule has 4 aliphatic rings. The third-order valence-electron chi connectivity index (χ3n) is 5.67. The molecule has 0 spiro atoms. The Morgan fingerprint density at radius 3 is 2.08 bits per heavy atom. The van der Waals surface area contributed by atoms with Gasteiger partial charge in [-0.15, -0.1) is 0 Å². The molecule has 1 saturated carbocycles. The second kappa shape index (κ2) is 6.09. The topological polar surface area (TPSA) is 66.5 Å². The number of imide groups is 1. The maximum absolute atomic E-state index is 12.9. The number of nitrogens with one attached hydrogen (secondary N) is 1. The van der Waals surface area contributed by atoms with Crippen molar-refractivity contribution >= 4 is 39.3 Å². The number of anilines is 1. The van der Waals surface area contributed by atoms with Crippen LogP contribution in [-0.4, -0.2) is 28.7 Å². The van der Waals surface area contributed by atoms with Crippen molar-refractivity contribution in [3.63, 3.8) is 0 Å². The second-order valence-electron chi connectivity index (χ2n) is 7.06. The largest absolute Gasteiger partial charge is 0.324 e. The lowest BCUT2D eigenvalue weighted by molar-refractivity contribution is -0.146. The van der Waals surface area contributed by atoms with Gasteiger partial charge in [-0.2, -0.15) is 0 Å². The molecule has 0 radical (unpaired) electrons. The standard InChI is InChI=1S/C19H19BrN2O3/c1-10(17(23)21-14-8-6-13(20)7-9-14)22-18(24)15-11-2-3-12(5-4-11)16(15)19(22)25/h2-3,6-12,15-16H,4-5H2,1H3,(H,21,23)/t10-,11+,12+,15-,16+/m1/s1. The summed E-state index contributed by atoms with van der Waals surface area (Å²) in [5, 5.41) is 2.78. The van der Waals surface area contributed by atoms with Crippen molar-refractivity contribution < 1.29 is 14.4 Å². The first-order valence-corrected chi connectivity index (χ1v) is 9.38. The number of hydrogen-bond acceptors (Lipinski definition) is 3. The highest BCUT2D eigenvalue weighted by atomic mass is 79.9. The number of fused-ring (bicyclic) bond motifs is 1. The van der Waals surface area contributed by atoms with E-state index in [-0.39, 0.29) is 41.4 Å². The first-order chi connectivity index (χ1) is 12.0. The zero-order chi connectivity index (χ0) is 17.7. The molecule has 2 bridgehead atoms. The van der Waals surface area contributed by atoms with Crippen molar-refractivity contribution in [1.82, 2.24) is 4.90 Å². The van der Waals surface area contributed by atoms with Crippen molar-refractivity contribution in [2.24, 2.45) is 23.7 Å². The number of halogens is 1. The van der Waals surface area contributed by atoms with Gasteiger partial charge in [0.25, 0.3) is 0 Å². The molecule has 3 amide bonds. The van der Waals surface area contributed by atoms with E-state index in [2.05, 4.69) is 33.4 Å². The van der Waals surface area contributed by atoms with E-state index in [1.165, 1.54) is 4.90 Å². The molecule has 1 aliphatic heterocycles. The van der Waals surface area contributed by atoms with E-state index in [1.807, 2.05) is 12.1 Å². The van der Waals surface area contributed by atoms with Crippen LogP contribution in [0.3, 0.4) is 0 Å². The Bertz CT molecular complexity index is 741. The summed E-state index contributed by atoms with van der Waals surface area (Å²) in [5.41, 5.74) is 0.637. The fourth-order valence-electron chi connectivity index (χ4n) is 4.38. The van der Waals surface area contributed by atoms with Crippen molar-refractivity contribution in [2.45, 2.75) is 25.8 Å². The normalized spacial score (nSPS) is 31.2. The Morgan fingerprint density at radius 2 is 1.60 bits per heavy atom. The summed E-state index contributed by atoms with van der Waals surface area (Å²) in [6.45, 7) is 1.62. The zero-order valence-electron chi connectivity index (χ0n) is 13.8. The van der Waals surface area contributed by atoms with Gasteiger partial charge in [-0.3, -0.25) is 19.3 Å². The van der Waals surface area contributed by atoms with Crippen molar-refractivity contribution in [3.05, 3.63) is 40.9 Å². The number of nitrogens with zero attached hydrogens (tertiary/aromatic N) is 1. The Balaban J connectivity index is 1.53. The molecule has 2 fully saturated rings. The summed E-state index contributed by atoms with van der Waals surface area (Å²) in [4.78, 5) is 39.5. The number of rotatable bonds is 3. The highest BCUT2D eigenvalue weighted by Crippen LogP contribution is 2.49. The second-order valence-corrected chi connectivity index (χ2v) is 7.98. The fourth-order valence-corrected chi connectivity index (χ4v) is 4.64. The third kappa shape index (κ3) is 2.63. The van der Waals surface area contributed by atoms with Crippen molar-refractivity contribution in [2.75, 3.05) is 5.32 Å². The lowest BCUT2D eigenvalue weighted by Crippen LogP contribution is -2.46. The average Bonchev–Trinajstić information content (AvgIpc) is 2.90. The van der Waals surface area contributed by atoms with Gasteiger partial charge in [0.1, 0.15) is 6.04 Å². The number of amides is 3. The van der Waals surface area contributed by atoms with Gasteiger partial charge < -0.3 is 5.32 Å². The molecule has 130 valence electrons. The number of benzene rings is 1. The van der Waals surface area contributed by atoms with Crippen LogP contribution >= 0.6 is 15.9 Å². The molecule has 0 unspecified atom stereocenters. The lowest BCUT2D eigenvalue weighted by Gasteiger charge is -2.38. The molecule has 1 heterocycles. The van der Waals surface area contributed by atoms with Gasteiger partial charge in [0.15, 0.2) is 0 Å². The minimum atomic E-state index is -0.811. The van der Waals surface area contributed by atoms with Gasteiger partial charge in [0, 0.05) is 10.2 Å². The van der Waals surface area contributed by atoms with Crippen LogP contribution in [0.2, 0.25) is 0 Å². The smallest absolute Gasteiger partial charge is 0.247 e. The van der Waals surface area contributed by atoms with Crippen molar-refractivity contribution in [3.8, 4) is 0 Å². The summed E-state index contributed by atoms with van der Waals surface area (Å²) in [5.74, 6) is -1.00. The highest BCUT2D eigenvalue weighted by Gasteiger charge is 2.58. The number of hydrogen-bond donors (Lipinski definition) is 1. The van der Waals surface area contributed by atoms with Crippen LogP contribution in [0.4, 0.5) is 5.69 Å². The van der Waals surface area contributed by atoms with Crippen LogP contribution in [0, 0.1) is 23.7 Å². The molecule has 6 heteroatoms. The molecule has 1 aromatic rings. The van der Waals surface area contributed by atoms with E-state index in [1.54, 1.807) is 19.1 Å². The Labute approximate surface area is 154 Å². The molecule has 5 rings (SSSR count). The summed E-state index contributed by atoms with van der Waals surface area (Å²) in [7, 11) is 0. The van der Waals surface area contributed by atoms with E-state index in [9.17, 15) is 14.4 Å². The van der Waals surface area contributed by atoms with Crippen LogP contribution in [0.15, 0.2) is 40.9 Å². The molecule has 1 saturated heterocycles. The summed E-state index contributed by atoms with van der Waals surface area (Å²) < 4.78 is 0.912. The molecule has 3 aliphatic carbocycles. The third-order valence-corrected chi connectivity index (χ3v) is 6.20. The van der Waals surface area contributed by atoms with E-state index in [4.69, 9.17) is 0 Å². The molecule has 25 heavy (non-hydrogen) atoms. The molecular formula is C19H19BrN2O3. The van der Waals surface area contributed by atoms with Crippen LogP contribution in [0.25, 0.3) is 0 Å². The predicted molar refractivity (Wildman–Crippen MR) is 96.4 cm³/mol. The van der Waals surface area contributed by atoms with Gasteiger partial charge in [-0.25, -0.2) is 0 Å². The van der Waals surface area contributed by atoms with E-state index >= 15 is 0 Å². The predicted octanol–water partition coefficient (Wildman–Crippen LogP) is 2.97. The minimum absolute atomic E-state index is 0.137. The number of likely N-dealkylation sites (tertiary alicyclic amines) is 1. The number of carbonyl (C=O) groups excluding carboxylic acids is 3. The first-order valence-electron chi connectivity index (χ1n) is 8.59. The van der Waals surface area contributed by atoms with Gasteiger partial charge in [0.2, 0.25) is 17.7 Å². The summed E-state index contributed by atoms with van der Waals surface area (Å²) >= 11 is 3.35. The maximum Gasteiger partial charge on any atom is 0.247 e. The Hall–Kier alpha value is -1.95. The number of allylic oxidation sites excluding steroid dienone is 2. The lowest BCUT2D eigenvalue weighted by atomic mass is 9.63. The Morgan fingerprint density at radius 1 is 1.08 bits per heavy atom. The Kier molecular flexibility index (Phi) is 4.02. The van der Waals surface area contributed by atoms with Crippen molar-refractivity contribution in [1.29, 1.82) is 0 Å². The van der Waals surface area contributed by atoms with Crippen LogP contribution < -0.4 is 5.32 Å². The van der Waals surface area contributed by atoms with Crippen LogP contribution in [0.5, 0.6) is 0 Å². The van der Waals surface area contributed by atoms with E-state index < -0.39 is 6.04 Å². The molecule has 5 atom stereocenters. The van der Waals surface area contributed by atoms with Crippen LogP contribution in [-0.2, 0) is 14.4 Å². The van der Waals surface area contributed by atoms with E-state index in [0.29, 0.717) is 5.69 Å².